The van der Waals surface area contributed by atoms with Crippen LogP contribution in [0.2, 0.25) is 0 Å². The number of carbonyl (C=O) groups is 1. The van der Waals surface area contributed by atoms with Crippen molar-refractivity contribution in [1.82, 2.24) is 19.4 Å². The number of hydrogen-bond acceptors (Lipinski definition) is 7. The zero-order valence-corrected chi connectivity index (χ0v) is 17.8. The van der Waals surface area contributed by atoms with Crippen LogP contribution in [0.5, 0.6) is 0 Å². The highest BCUT2D eigenvalue weighted by molar-refractivity contribution is 6.01. The summed E-state index contributed by atoms with van der Waals surface area (Å²) in [5.74, 6) is -0.145. The fourth-order valence-corrected chi connectivity index (χ4v) is 3.56. The van der Waals surface area contributed by atoms with E-state index in [1.54, 1.807) is 0 Å². The van der Waals surface area contributed by atoms with E-state index in [2.05, 4.69) is 9.97 Å². The lowest BCUT2D eigenvalue weighted by molar-refractivity contribution is -0.137. The number of alkyl halides is 3. The Morgan fingerprint density at radius 3 is 2.38 bits per heavy atom. The van der Waals surface area contributed by atoms with Crippen molar-refractivity contribution in [2.45, 2.75) is 26.6 Å². The molecule has 0 atom stereocenters. The number of ketones is 1. The van der Waals surface area contributed by atoms with Gasteiger partial charge in [-0.1, -0.05) is 13.8 Å². The third kappa shape index (κ3) is 5.18. The SMILES string of the molecule is CC(C)Cn1c(N)c(C(=O)CN2CCN(c3ccc(C(F)(F)F)cn3)CC2)c(=O)[nH]c1=O. The second-order valence-electron chi connectivity index (χ2n) is 8.11. The average Bonchev–Trinajstić information content (AvgIpc) is 2.71. The van der Waals surface area contributed by atoms with E-state index in [0.29, 0.717) is 32.0 Å². The third-order valence-corrected chi connectivity index (χ3v) is 5.20. The van der Waals surface area contributed by atoms with Crippen molar-refractivity contribution in [1.29, 1.82) is 0 Å². The van der Waals surface area contributed by atoms with Crippen molar-refractivity contribution < 1.29 is 18.0 Å². The summed E-state index contributed by atoms with van der Waals surface area (Å²) in [6.45, 7) is 5.74. The van der Waals surface area contributed by atoms with Gasteiger partial charge >= 0.3 is 11.9 Å². The molecule has 3 heterocycles. The van der Waals surface area contributed by atoms with Crippen LogP contribution in [0.3, 0.4) is 0 Å². The number of H-pyrrole nitrogens is 1. The molecule has 3 rings (SSSR count). The quantitative estimate of drug-likeness (QED) is 0.630. The van der Waals surface area contributed by atoms with Crippen LogP contribution < -0.4 is 21.9 Å². The summed E-state index contributed by atoms with van der Waals surface area (Å²) in [5.41, 5.74) is 3.46. The van der Waals surface area contributed by atoms with Crippen molar-refractivity contribution in [2.24, 2.45) is 5.92 Å². The van der Waals surface area contributed by atoms with Crippen LogP contribution in [0, 0.1) is 5.92 Å². The second-order valence-corrected chi connectivity index (χ2v) is 8.11. The molecule has 0 bridgehead atoms. The van der Waals surface area contributed by atoms with Gasteiger partial charge in [0.05, 0.1) is 12.1 Å². The Morgan fingerprint density at radius 1 is 1.19 bits per heavy atom. The summed E-state index contributed by atoms with van der Waals surface area (Å²) in [5, 5.41) is 0. The number of hydrogen-bond donors (Lipinski definition) is 2. The minimum atomic E-state index is -4.44. The third-order valence-electron chi connectivity index (χ3n) is 5.20. The molecule has 2 aromatic rings. The number of nitrogens with one attached hydrogen (secondary N) is 1. The molecule has 12 heteroatoms. The zero-order valence-electron chi connectivity index (χ0n) is 17.8. The second kappa shape index (κ2) is 9.15. The minimum Gasteiger partial charge on any atom is -0.384 e. The highest BCUT2D eigenvalue weighted by Crippen LogP contribution is 2.29. The molecular formula is C20H25F3N6O3. The number of halogens is 3. The van der Waals surface area contributed by atoms with Gasteiger partial charge in [-0.25, -0.2) is 9.78 Å². The van der Waals surface area contributed by atoms with Gasteiger partial charge in [0.25, 0.3) is 5.56 Å². The Labute approximate surface area is 181 Å². The van der Waals surface area contributed by atoms with Gasteiger partial charge < -0.3 is 10.6 Å². The summed E-state index contributed by atoms with van der Waals surface area (Å²) < 4.78 is 39.3. The van der Waals surface area contributed by atoms with E-state index in [9.17, 15) is 27.6 Å². The minimum absolute atomic E-state index is 0.0680. The standard InChI is InChI=1S/C20H25F3N6O3/c1-12(2)10-29-17(24)16(18(31)26-19(29)32)14(30)11-27-5-7-28(8-6-27)15-4-3-13(9-25-15)20(21,22)23/h3-4,9,12H,5-8,10-11,24H2,1-2H3,(H,26,31,32). The molecule has 1 fully saturated rings. The number of nitrogens with two attached hydrogens (primary N) is 1. The number of aromatic amines is 1. The predicted octanol–water partition coefficient (Wildman–Crippen LogP) is 1.19. The van der Waals surface area contributed by atoms with Gasteiger partial charge in [0, 0.05) is 38.9 Å². The van der Waals surface area contributed by atoms with Crippen LogP contribution in [0.4, 0.5) is 24.8 Å². The molecule has 3 N–H and O–H groups in total. The Hall–Kier alpha value is -3.15. The Balaban J connectivity index is 1.66. The van der Waals surface area contributed by atoms with Crippen LogP contribution >= 0.6 is 0 Å². The topological polar surface area (TPSA) is 117 Å². The van der Waals surface area contributed by atoms with Gasteiger partial charge in [0.2, 0.25) is 0 Å². The van der Waals surface area contributed by atoms with Gasteiger partial charge in [0.15, 0.2) is 5.78 Å². The fraction of sp³-hybridized carbons (Fsp3) is 0.500. The molecular weight excluding hydrogens is 429 g/mol. The Kier molecular flexibility index (Phi) is 6.72. The van der Waals surface area contributed by atoms with Crippen LogP contribution in [-0.4, -0.2) is 57.9 Å². The lowest BCUT2D eigenvalue weighted by Gasteiger charge is -2.35. The number of anilines is 2. The maximum Gasteiger partial charge on any atom is 0.417 e. The van der Waals surface area contributed by atoms with Crippen molar-refractivity contribution >= 4 is 17.4 Å². The molecule has 1 aliphatic rings. The van der Waals surface area contributed by atoms with Crippen molar-refractivity contribution in [2.75, 3.05) is 43.4 Å². The average molecular weight is 454 g/mol. The van der Waals surface area contributed by atoms with E-state index in [1.165, 1.54) is 10.6 Å². The summed E-state index contributed by atoms with van der Waals surface area (Å²) in [6, 6.07) is 2.31. The summed E-state index contributed by atoms with van der Waals surface area (Å²) in [4.78, 5) is 46.8. The number of nitrogen functional groups attached to an aromatic ring is 1. The van der Waals surface area contributed by atoms with Crippen LogP contribution in [-0.2, 0) is 12.7 Å². The van der Waals surface area contributed by atoms with Gasteiger partial charge in [-0.15, -0.1) is 0 Å². The maximum atomic E-state index is 12.8. The number of Topliss-reactive ketones (excluding diaryl/α,β-unsaturated/α-hetero) is 1. The van der Waals surface area contributed by atoms with E-state index >= 15 is 0 Å². The molecule has 174 valence electrons. The molecule has 0 amide bonds. The monoisotopic (exact) mass is 454 g/mol. The van der Waals surface area contributed by atoms with E-state index in [1.807, 2.05) is 23.6 Å². The Morgan fingerprint density at radius 2 is 1.84 bits per heavy atom. The van der Waals surface area contributed by atoms with E-state index in [4.69, 9.17) is 5.73 Å². The smallest absolute Gasteiger partial charge is 0.384 e. The van der Waals surface area contributed by atoms with Crippen molar-refractivity contribution in [3.05, 3.63) is 50.3 Å². The molecule has 0 radical (unpaired) electrons. The predicted molar refractivity (Wildman–Crippen MR) is 113 cm³/mol. The molecule has 0 saturated carbocycles. The van der Waals surface area contributed by atoms with E-state index in [0.717, 1.165) is 12.3 Å². The normalized spacial score (nSPS) is 15.4. The molecule has 0 aromatic carbocycles. The van der Waals surface area contributed by atoms with Crippen LogP contribution in [0.15, 0.2) is 27.9 Å². The van der Waals surface area contributed by atoms with Gasteiger partial charge in [-0.05, 0) is 18.1 Å². The molecule has 32 heavy (non-hydrogen) atoms. The molecule has 0 unspecified atom stereocenters. The van der Waals surface area contributed by atoms with Crippen LogP contribution in [0.1, 0.15) is 29.8 Å². The van der Waals surface area contributed by atoms with Gasteiger partial charge in [-0.2, -0.15) is 13.2 Å². The molecule has 2 aromatic heterocycles. The van der Waals surface area contributed by atoms with Crippen molar-refractivity contribution in [3.63, 3.8) is 0 Å². The zero-order chi connectivity index (χ0) is 23.6. The van der Waals surface area contributed by atoms with Gasteiger partial charge in [0.1, 0.15) is 17.2 Å². The summed E-state index contributed by atoms with van der Waals surface area (Å²) >= 11 is 0. The van der Waals surface area contributed by atoms with Crippen LogP contribution in [0.25, 0.3) is 0 Å². The first kappa shape index (κ1) is 23.5. The number of aromatic nitrogens is 3. The van der Waals surface area contributed by atoms with E-state index in [-0.39, 0.29) is 30.4 Å². The highest BCUT2D eigenvalue weighted by atomic mass is 19.4. The number of carbonyl (C=O) groups excluding carboxylic acids is 1. The number of nitrogens with zero attached hydrogens (tertiary/aromatic N) is 4. The molecule has 0 spiro atoms. The highest BCUT2D eigenvalue weighted by Gasteiger charge is 2.31. The first-order valence-corrected chi connectivity index (χ1v) is 10.1. The largest absolute Gasteiger partial charge is 0.417 e. The van der Waals surface area contributed by atoms with Crippen molar-refractivity contribution in [3.8, 4) is 0 Å². The number of pyridine rings is 1. The number of rotatable bonds is 6. The number of piperazine rings is 1. The maximum absolute atomic E-state index is 12.8. The molecule has 1 saturated heterocycles. The molecule has 0 aliphatic carbocycles. The van der Waals surface area contributed by atoms with E-state index < -0.39 is 28.8 Å². The Bertz CT molecular complexity index is 1080. The first-order valence-electron chi connectivity index (χ1n) is 10.1. The molecule has 1 aliphatic heterocycles. The summed E-state index contributed by atoms with van der Waals surface area (Å²) in [7, 11) is 0. The molecule has 9 nitrogen and oxygen atoms in total. The summed E-state index contributed by atoms with van der Waals surface area (Å²) in [6.07, 6.45) is -3.64. The lowest BCUT2D eigenvalue weighted by Crippen LogP contribution is -2.49. The fourth-order valence-electron chi connectivity index (χ4n) is 3.56. The first-order chi connectivity index (χ1) is 15.0. The lowest BCUT2D eigenvalue weighted by atomic mass is 10.1. The van der Waals surface area contributed by atoms with Gasteiger partial charge in [-0.3, -0.25) is 24.0 Å².